The predicted molar refractivity (Wildman–Crippen MR) is 95.0 cm³/mol. The highest BCUT2D eigenvalue weighted by Gasteiger charge is 2.35. The van der Waals surface area contributed by atoms with Crippen molar-refractivity contribution >= 4 is 27.5 Å². The molecule has 0 atom stereocenters. The van der Waals surface area contributed by atoms with E-state index < -0.39 is 21.8 Å². The van der Waals surface area contributed by atoms with E-state index in [9.17, 15) is 18.0 Å². The minimum atomic E-state index is -3.68. The lowest BCUT2D eigenvalue weighted by Crippen LogP contribution is -2.35. The van der Waals surface area contributed by atoms with Gasteiger partial charge < -0.3 is 0 Å². The number of fused-ring (bicyclic) bond motifs is 1. The highest BCUT2D eigenvalue weighted by atomic mass is 32.2. The van der Waals surface area contributed by atoms with Crippen LogP contribution < -0.4 is 4.72 Å². The number of imide groups is 1. The number of hydrogen-bond acceptors (Lipinski definition) is 4. The van der Waals surface area contributed by atoms with Crippen LogP contribution in [0.15, 0.2) is 48.5 Å². The largest absolute Gasteiger partial charge is 0.283 e. The van der Waals surface area contributed by atoms with Crippen molar-refractivity contribution in [3.8, 4) is 0 Å². The van der Waals surface area contributed by atoms with Crippen molar-refractivity contribution in [2.75, 3.05) is 17.0 Å². The topological polar surface area (TPSA) is 83.6 Å². The van der Waals surface area contributed by atoms with Crippen molar-refractivity contribution in [2.24, 2.45) is 0 Å². The average Bonchev–Trinajstić information content (AvgIpc) is 2.85. The molecule has 1 heterocycles. The van der Waals surface area contributed by atoms with Crippen LogP contribution in [0.3, 0.4) is 0 Å². The van der Waals surface area contributed by atoms with E-state index >= 15 is 0 Å². The van der Waals surface area contributed by atoms with Gasteiger partial charge >= 0.3 is 0 Å². The molecule has 1 aliphatic rings. The van der Waals surface area contributed by atoms with E-state index in [1.807, 2.05) is 19.1 Å². The van der Waals surface area contributed by atoms with Gasteiger partial charge in [-0.3, -0.25) is 19.2 Å². The molecule has 0 unspecified atom stereocenters. The van der Waals surface area contributed by atoms with Gasteiger partial charge in [0.1, 0.15) is 0 Å². The van der Waals surface area contributed by atoms with Crippen LogP contribution in [-0.4, -0.2) is 37.4 Å². The molecule has 0 fully saturated rings. The van der Waals surface area contributed by atoms with Crippen molar-refractivity contribution in [1.29, 1.82) is 0 Å². The Kier molecular flexibility index (Phi) is 4.59. The average molecular weight is 358 g/mol. The molecule has 6 nitrogen and oxygen atoms in total. The molecule has 1 N–H and O–H groups in total. The van der Waals surface area contributed by atoms with Gasteiger partial charge in [0, 0.05) is 6.54 Å². The Bertz CT molecular complexity index is 903. The Morgan fingerprint density at radius 1 is 0.920 bits per heavy atom. The highest BCUT2D eigenvalue weighted by Crippen LogP contribution is 2.22. The van der Waals surface area contributed by atoms with Gasteiger partial charge in [0.05, 0.1) is 22.6 Å². The summed E-state index contributed by atoms with van der Waals surface area (Å²) in [5.74, 6) is -1.26. The number of carbonyl (C=O) groups excluding carboxylic acids is 2. The summed E-state index contributed by atoms with van der Waals surface area (Å²) < 4.78 is 27.2. The standard InChI is InChI=1S/C18H18N2O4S/c1-2-13-7-3-6-10-16(13)19-25(23,24)12-11-20-17(21)14-8-4-5-9-15(14)18(20)22/h3-10,19H,2,11-12H2,1H3. The third-order valence-corrected chi connectivity index (χ3v) is 5.38. The van der Waals surface area contributed by atoms with Crippen LogP contribution >= 0.6 is 0 Å². The monoisotopic (exact) mass is 358 g/mol. The second-order valence-corrected chi connectivity index (χ2v) is 7.58. The molecule has 7 heteroatoms. The molecule has 0 aromatic heterocycles. The second-order valence-electron chi connectivity index (χ2n) is 5.74. The first kappa shape index (κ1) is 17.2. The van der Waals surface area contributed by atoms with Crippen LogP contribution in [0.5, 0.6) is 0 Å². The van der Waals surface area contributed by atoms with Crippen LogP contribution in [0.2, 0.25) is 0 Å². The lowest BCUT2D eigenvalue weighted by molar-refractivity contribution is 0.0664. The van der Waals surface area contributed by atoms with Gasteiger partial charge in [0.15, 0.2) is 0 Å². The molecule has 0 saturated carbocycles. The summed E-state index contributed by atoms with van der Waals surface area (Å²) >= 11 is 0. The zero-order valence-electron chi connectivity index (χ0n) is 13.7. The number of amides is 2. The van der Waals surface area contributed by atoms with Crippen molar-refractivity contribution in [2.45, 2.75) is 13.3 Å². The lowest BCUT2D eigenvalue weighted by Gasteiger charge is -2.15. The maximum Gasteiger partial charge on any atom is 0.261 e. The third kappa shape index (κ3) is 3.41. The number of nitrogens with zero attached hydrogens (tertiary/aromatic N) is 1. The summed E-state index contributed by atoms with van der Waals surface area (Å²) in [7, 11) is -3.68. The van der Waals surface area contributed by atoms with E-state index in [0.717, 1.165) is 10.5 Å². The highest BCUT2D eigenvalue weighted by molar-refractivity contribution is 7.92. The molecule has 0 aliphatic carbocycles. The first-order chi connectivity index (χ1) is 11.9. The SMILES string of the molecule is CCc1ccccc1NS(=O)(=O)CCN1C(=O)c2ccccc2C1=O. The number of rotatable bonds is 6. The van der Waals surface area contributed by atoms with Gasteiger partial charge in [0.25, 0.3) is 11.8 Å². The van der Waals surface area contributed by atoms with Crippen LogP contribution in [0.1, 0.15) is 33.2 Å². The number of sulfonamides is 1. The number of anilines is 1. The van der Waals surface area contributed by atoms with Crippen LogP contribution in [0, 0.1) is 0 Å². The molecule has 2 amide bonds. The first-order valence-electron chi connectivity index (χ1n) is 7.96. The maximum absolute atomic E-state index is 12.4. The molecule has 1 aliphatic heterocycles. The molecular weight excluding hydrogens is 340 g/mol. The number of benzene rings is 2. The number of aryl methyl sites for hydroxylation is 1. The van der Waals surface area contributed by atoms with Gasteiger partial charge in [0.2, 0.25) is 10.0 Å². The molecular formula is C18H18N2O4S. The molecule has 0 radical (unpaired) electrons. The number of hydrogen-bond donors (Lipinski definition) is 1. The summed E-state index contributed by atoms with van der Waals surface area (Å²) in [5, 5.41) is 0. The van der Waals surface area contributed by atoms with E-state index in [4.69, 9.17) is 0 Å². The second kappa shape index (κ2) is 6.68. The van der Waals surface area contributed by atoms with Gasteiger partial charge in [-0.05, 0) is 30.2 Å². The molecule has 2 aromatic carbocycles. The molecule has 0 spiro atoms. The quantitative estimate of drug-likeness (QED) is 0.803. The Labute approximate surface area is 146 Å². The van der Waals surface area contributed by atoms with Gasteiger partial charge in [-0.25, -0.2) is 8.42 Å². The Morgan fingerprint density at radius 3 is 2.08 bits per heavy atom. The van der Waals surface area contributed by atoms with E-state index in [1.54, 1.807) is 36.4 Å². The molecule has 25 heavy (non-hydrogen) atoms. The van der Waals surface area contributed by atoms with Crippen molar-refractivity contribution in [1.82, 2.24) is 4.90 Å². The third-order valence-electron chi connectivity index (χ3n) is 4.13. The number of carbonyl (C=O) groups is 2. The van der Waals surface area contributed by atoms with E-state index in [2.05, 4.69) is 4.72 Å². The zero-order valence-corrected chi connectivity index (χ0v) is 14.5. The van der Waals surface area contributed by atoms with Crippen molar-refractivity contribution in [3.05, 3.63) is 65.2 Å². The van der Waals surface area contributed by atoms with Gasteiger partial charge in [-0.1, -0.05) is 37.3 Å². The van der Waals surface area contributed by atoms with Crippen LogP contribution in [0.4, 0.5) is 5.69 Å². The molecule has 0 bridgehead atoms. The molecule has 2 aromatic rings. The Balaban J connectivity index is 1.71. The summed E-state index contributed by atoms with van der Waals surface area (Å²) in [6.07, 6.45) is 0.692. The summed E-state index contributed by atoms with van der Waals surface area (Å²) in [6, 6.07) is 13.6. The smallest absolute Gasteiger partial charge is 0.261 e. The van der Waals surface area contributed by atoms with E-state index in [0.29, 0.717) is 23.2 Å². The van der Waals surface area contributed by atoms with Gasteiger partial charge in [-0.15, -0.1) is 0 Å². The Hall–Kier alpha value is -2.67. The fourth-order valence-electron chi connectivity index (χ4n) is 2.80. The van der Waals surface area contributed by atoms with Crippen LogP contribution in [0.25, 0.3) is 0 Å². The van der Waals surface area contributed by atoms with Crippen molar-refractivity contribution < 1.29 is 18.0 Å². The normalized spacial score (nSPS) is 13.9. The molecule has 3 rings (SSSR count). The minimum Gasteiger partial charge on any atom is -0.283 e. The fourth-order valence-corrected chi connectivity index (χ4v) is 3.86. The first-order valence-corrected chi connectivity index (χ1v) is 9.62. The number of nitrogens with one attached hydrogen (secondary N) is 1. The summed E-state index contributed by atoms with van der Waals surface area (Å²) in [5.41, 5.74) is 2.03. The molecule has 130 valence electrons. The predicted octanol–water partition coefficient (Wildman–Crippen LogP) is 2.29. The van der Waals surface area contributed by atoms with Gasteiger partial charge in [-0.2, -0.15) is 0 Å². The van der Waals surface area contributed by atoms with E-state index in [1.165, 1.54) is 0 Å². The fraction of sp³-hybridized carbons (Fsp3) is 0.222. The lowest BCUT2D eigenvalue weighted by atomic mass is 10.1. The number of para-hydroxylation sites is 1. The van der Waals surface area contributed by atoms with Crippen LogP contribution in [-0.2, 0) is 16.4 Å². The summed E-state index contributed by atoms with van der Waals surface area (Å²) in [4.78, 5) is 25.5. The zero-order chi connectivity index (χ0) is 18.0. The molecule has 0 saturated heterocycles. The van der Waals surface area contributed by atoms with E-state index in [-0.39, 0.29) is 12.3 Å². The van der Waals surface area contributed by atoms with Crippen molar-refractivity contribution in [3.63, 3.8) is 0 Å². The summed E-state index contributed by atoms with van der Waals surface area (Å²) in [6.45, 7) is 1.75. The minimum absolute atomic E-state index is 0.185. The Morgan fingerprint density at radius 2 is 1.48 bits per heavy atom. The maximum atomic E-state index is 12.4.